The maximum atomic E-state index is 13.2. The molecule has 0 aliphatic heterocycles. The third kappa shape index (κ3) is 3.44. The molecule has 0 heterocycles. The van der Waals surface area contributed by atoms with Gasteiger partial charge in [0.15, 0.2) is 5.70 Å². The lowest BCUT2D eigenvalue weighted by Crippen LogP contribution is -2.28. The summed E-state index contributed by atoms with van der Waals surface area (Å²) in [4.78, 5) is 22.2. The van der Waals surface area contributed by atoms with E-state index in [1.165, 1.54) is 18.2 Å². The summed E-state index contributed by atoms with van der Waals surface area (Å²) in [5.74, 6) is -3.24. The van der Waals surface area contributed by atoms with Gasteiger partial charge < -0.3 is 10.4 Å². The Kier molecular flexibility index (Phi) is 4.48. The van der Waals surface area contributed by atoms with E-state index >= 15 is 0 Å². The molecule has 0 unspecified atom stereocenters. The van der Waals surface area contributed by atoms with Crippen LogP contribution in [-0.2, 0) is 4.79 Å². The number of hydrogen-bond acceptors (Lipinski definition) is 2. The van der Waals surface area contributed by atoms with Crippen molar-refractivity contribution in [1.29, 1.82) is 0 Å². The Labute approximate surface area is 106 Å². The van der Waals surface area contributed by atoms with Crippen molar-refractivity contribution in [2.24, 2.45) is 0 Å². The molecule has 90 valence electrons. The van der Waals surface area contributed by atoms with Crippen molar-refractivity contribution in [2.75, 3.05) is 0 Å². The number of aliphatic carboxylic acids is 1. The minimum atomic E-state index is -1.52. The number of hydrogen-bond donors (Lipinski definition) is 2. The van der Waals surface area contributed by atoms with Crippen molar-refractivity contribution in [1.82, 2.24) is 5.32 Å². The van der Waals surface area contributed by atoms with Crippen molar-refractivity contribution in [3.05, 3.63) is 45.8 Å². The van der Waals surface area contributed by atoms with Crippen molar-refractivity contribution in [3.63, 3.8) is 0 Å². The van der Waals surface area contributed by atoms with E-state index in [0.717, 1.165) is 6.07 Å². The van der Waals surface area contributed by atoms with Crippen LogP contribution in [0.15, 0.2) is 34.5 Å². The summed E-state index contributed by atoms with van der Waals surface area (Å²) in [5.41, 5.74) is -1.01. The molecule has 17 heavy (non-hydrogen) atoms. The number of carbonyl (C=O) groups excluding carboxylic acids is 1. The van der Waals surface area contributed by atoms with Gasteiger partial charge in [-0.3, -0.25) is 4.79 Å². The summed E-state index contributed by atoms with van der Waals surface area (Å²) in [7, 11) is 0. The van der Waals surface area contributed by atoms with E-state index in [2.05, 4.69) is 0 Å². The largest absolute Gasteiger partial charge is 0.477 e. The highest BCUT2D eigenvalue weighted by atomic mass is 35.5. The lowest BCUT2D eigenvalue weighted by molar-refractivity contribution is -0.133. The summed E-state index contributed by atoms with van der Waals surface area (Å²) in [6, 6.07) is 5.10. The molecule has 0 atom stereocenters. The molecule has 0 spiro atoms. The smallest absolute Gasteiger partial charge is 0.354 e. The van der Waals surface area contributed by atoms with Gasteiger partial charge >= 0.3 is 5.97 Å². The van der Waals surface area contributed by atoms with Gasteiger partial charge in [-0.25, -0.2) is 9.18 Å². The van der Waals surface area contributed by atoms with E-state index in [4.69, 9.17) is 28.3 Å². The van der Waals surface area contributed by atoms with Crippen LogP contribution < -0.4 is 5.32 Å². The van der Waals surface area contributed by atoms with Gasteiger partial charge in [-0.2, -0.15) is 0 Å². The van der Waals surface area contributed by atoms with Crippen LogP contribution in [0.2, 0.25) is 0 Å². The van der Waals surface area contributed by atoms with E-state index in [9.17, 15) is 14.0 Å². The molecule has 4 nitrogen and oxygen atoms in total. The van der Waals surface area contributed by atoms with Gasteiger partial charge in [0, 0.05) is 0 Å². The summed E-state index contributed by atoms with van der Waals surface area (Å²) < 4.78 is 12.6. The minimum Gasteiger partial charge on any atom is -0.477 e. The molecule has 1 rings (SSSR count). The Balaban J connectivity index is 2.98. The highest BCUT2D eigenvalue weighted by molar-refractivity contribution is 6.57. The van der Waals surface area contributed by atoms with E-state index < -0.39 is 27.9 Å². The first-order chi connectivity index (χ1) is 7.93. The van der Waals surface area contributed by atoms with Crippen LogP contribution in [0, 0.1) is 5.82 Å². The maximum Gasteiger partial charge on any atom is 0.354 e. The quantitative estimate of drug-likeness (QED) is 0.833. The topological polar surface area (TPSA) is 66.4 Å². The van der Waals surface area contributed by atoms with E-state index in [1.807, 2.05) is 5.32 Å². The Morgan fingerprint density at radius 1 is 1.24 bits per heavy atom. The second kappa shape index (κ2) is 5.65. The van der Waals surface area contributed by atoms with E-state index in [1.54, 1.807) is 0 Å². The standard InChI is InChI=1S/C10H6Cl2FNO3/c11-8(12)7(10(16)17)14-9(15)5-3-1-2-4-6(5)13/h1-4H,(H,14,15)(H,16,17). The number of benzene rings is 1. The fourth-order valence-electron chi connectivity index (χ4n) is 1.01. The highest BCUT2D eigenvalue weighted by Gasteiger charge is 2.18. The summed E-state index contributed by atoms with van der Waals surface area (Å²) in [6.45, 7) is 0. The van der Waals surface area contributed by atoms with Gasteiger partial charge in [0.2, 0.25) is 0 Å². The fraction of sp³-hybridized carbons (Fsp3) is 0. The molecule has 0 bridgehead atoms. The zero-order valence-electron chi connectivity index (χ0n) is 8.21. The summed E-state index contributed by atoms with van der Waals surface area (Å²) >= 11 is 10.5. The molecule has 0 saturated carbocycles. The van der Waals surface area contributed by atoms with Crippen LogP contribution in [0.5, 0.6) is 0 Å². The molecular formula is C10H6Cl2FNO3. The molecule has 0 fully saturated rings. The first-order valence-electron chi connectivity index (χ1n) is 4.28. The normalized spacial score (nSPS) is 9.59. The molecule has 7 heteroatoms. The summed E-state index contributed by atoms with van der Waals surface area (Å²) in [6.07, 6.45) is 0. The maximum absolute atomic E-state index is 13.2. The number of halogens is 3. The number of amides is 1. The molecule has 0 saturated heterocycles. The first kappa shape index (κ1) is 13.5. The Morgan fingerprint density at radius 3 is 2.29 bits per heavy atom. The fourth-order valence-corrected chi connectivity index (χ4v) is 1.26. The first-order valence-corrected chi connectivity index (χ1v) is 5.03. The average molecular weight is 278 g/mol. The number of rotatable bonds is 3. The zero-order valence-corrected chi connectivity index (χ0v) is 9.72. The van der Waals surface area contributed by atoms with Crippen LogP contribution in [0.1, 0.15) is 10.4 Å². The second-order valence-electron chi connectivity index (χ2n) is 2.87. The number of nitrogens with one attached hydrogen (secondary N) is 1. The van der Waals surface area contributed by atoms with Gasteiger partial charge in [-0.05, 0) is 12.1 Å². The molecular weight excluding hydrogens is 272 g/mol. The predicted molar refractivity (Wildman–Crippen MR) is 60.2 cm³/mol. The molecule has 0 radical (unpaired) electrons. The average Bonchev–Trinajstić information content (AvgIpc) is 2.25. The zero-order chi connectivity index (χ0) is 13.0. The van der Waals surface area contributed by atoms with Crippen LogP contribution >= 0.6 is 23.2 Å². The molecule has 0 aromatic heterocycles. The van der Waals surface area contributed by atoms with Gasteiger partial charge in [-0.15, -0.1) is 0 Å². The number of carbonyl (C=O) groups is 2. The third-order valence-electron chi connectivity index (χ3n) is 1.76. The van der Waals surface area contributed by atoms with Crippen molar-refractivity contribution in [3.8, 4) is 0 Å². The van der Waals surface area contributed by atoms with Crippen LogP contribution in [0.3, 0.4) is 0 Å². The lowest BCUT2D eigenvalue weighted by atomic mass is 10.2. The highest BCUT2D eigenvalue weighted by Crippen LogP contribution is 2.13. The molecule has 0 aliphatic carbocycles. The van der Waals surface area contributed by atoms with Crippen LogP contribution in [0.4, 0.5) is 4.39 Å². The SMILES string of the molecule is O=C(O)C(NC(=O)c1ccccc1F)=C(Cl)Cl. The van der Waals surface area contributed by atoms with Crippen molar-refractivity contribution < 1.29 is 19.1 Å². The van der Waals surface area contributed by atoms with Gasteiger partial charge in [-0.1, -0.05) is 35.3 Å². The van der Waals surface area contributed by atoms with Crippen LogP contribution in [-0.4, -0.2) is 17.0 Å². The monoisotopic (exact) mass is 277 g/mol. The Hall–Kier alpha value is -1.59. The van der Waals surface area contributed by atoms with Crippen LogP contribution in [0.25, 0.3) is 0 Å². The van der Waals surface area contributed by atoms with Crippen molar-refractivity contribution in [2.45, 2.75) is 0 Å². The number of carboxylic acid groups (broad SMARTS) is 1. The molecule has 0 aliphatic rings. The Morgan fingerprint density at radius 2 is 1.82 bits per heavy atom. The van der Waals surface area contributed by atoms with Gasteiger partial charge in [0.25, 0.3) is 5.91 Å². The van der Waals surface area contributed by atoms with Gasteiger partial charge in [0.1, 0.15) is 10.3 Å². The van der Waals surface area contributed by atoms with Crippen molar-refractivity contribution >= 4 is 35.1 Å². The lowest BCUT2D eigenvalue weighted by Gasteiger charge is -2.06. The number of carboxylic acids is 1. The van der Waals surface area contributed by atoms with E-state index in [-0.39, 0.29) is 5.56 Å². The molecule has 1 aromatic rings. The summed E-state index contributed by atoms with van der Waals surface area (Å²) in [5, 5.41) is 10.6. The third-order valence-corrected chi connectivity index (χ3v) is 2.14. The molecule has 1 aromatic carbocycles. The Bertz CT molecular complexity index is 498. The predicted octanol–water partition coefficient (Wildman–Crippen LogP) is 2.29. The van der Waals surface area contributed by atoms with Gasteiger partial charge in [0.05, 0.1) is 5.56 Å². The molecule has 1 amide bonds. The second-order valence-corrected chi connectivity index (χ2v) is 3.82. The molecule has 2 N–H and O–H groups in total. The minimum absolute atomic E-state index is 0.305. The van der Waals surface area contributed by atoms with E-state index in [0.29, 0.717) is 0 Å².